The highest BCUT2D eigenvalue weighted by atomic mass is 16.1. The van der Waals surface area contributed by atoms with Crippen LogP contribution in [0.1, 0.15) is 25.0 Å². The van der Waals surface area contributed by atoms with Gasteiger partial charge in [-0.2, -0.15) is 0 Å². The van der Waals surface area contributed by atoms with Crippen molar-refractivity contribution in [2.75, 3.05) is 0 Å². The smallest absolute Gasteiger partial charge is 0.255 e. The van der Waals surface area contributed by atoms with Gasteiger partial charge in [0.15, 0.2) is 0 Å². The minimum absolute atomic E-state index is 0.00569. The standard InChI is InChI=1S/C13H14N2O.C2H6/c14-9-12-7-4-8-15(13(12)16)10-11-5-2-1-3-6-11;1-2/h1-8H,9-10,14H2;1-2H3. The fraction of sp³-hybridized carbons (Fsp3) is 0.267. The van der Waals surface area contributed by atoms with Crippen molar-refractivity contribution >= 4 is 0 Å². The Morgan fingerprint density at radius 2 is 1.72 bits per heavy atom. The topological polar surface area (TPSA) is 48.0 Å². The molecule has 18 heavy (non-hydrogen) atoms. The Balaban J connectivity index is 0.000000771. The highest BCUT2D eigenvalue weighted by molar-refractivity contribution is 5.17. The number of hydrogen-bond acceptors (Lipinski definition) is 2. The van der Waals surface area contributed by atoms with Gasteiger partial charge in [-0.05, 0) is 11.6 Å². The predicted octanol–water partition coefficient (Wildman–Crippen LogP) is 2.38. The molecule has 0 saturated carbocycles. The SMILES string of the molecule is CC.NCc1cccn(Cc2ccccc2)c1=O. The number of rotatable bonds is 3. The summed E-state index contributed by atoms with van der Waals surface area (Å²) in [6, 6.07) is 13.5. The molecule has 1 aromatic carbocycles. The molecule has 0 bridgehead atoms. The van der Waals surface area contributed by atoms with Crippen molar-refractivity contribution in [2.45, 2.75) is 26.9 Å². The van der Waals surface area contributed by atoms with E-state index in [4.69, 9.17) is 5.73 Å². The predicted molar refractivity (Wildman–Crippen MR) is 75.5 cm³/mol. The van der Waals surface area contributed by atoms with Crippen molar-refractivity contribution < 1.29 is 0 Å². The number of aromatic nitrogens is 1. The molecule has 1 aromatic heterocycles. The minimum Gasteiger partial charge on any atom is -0.326 e. The van der Waals surface area contributed by atoms with Gasteiger partial charge in [-0.1, -0.05) is 50.2 Å². The number of nitrogens with two attached hydrogens (primary N) is 1. The summed E-state index contributed by atoms with van der Waals surface area (Å²) in [5.74, 6) is 0. The van der Waals surface area contributed by atoms with Gasteiger partial charge in [0.05, 0.1) is 6.54 Å². The summed E-state index contributed by atoms with van der Waals surface area (Å²) in [4.78, 5) is 11.9. The third-order valence-electron chi connectivity index (χ3n) is 2.51. The second-order valence-corrected chi connectivity index (χ2v) is 3.66. The van der Waals surface area contributed by atoms with Crippen LogP contribution in [0.15, 0.2) is 53.5 Å². The van der Waals surface area contributed by atoms with Crippen LogP contribution in [0.5, 0.6) is 0 Å². The fourth-order valence-corrected chi connectivity index (χ4v) is 1.65. The van der Waals surface area contributed by atoms with Gasteiger partial charge in [0.2, 0.25) is 0 Å². The zero-order chi connectivity index (χ0) is 13.4. The van der Waals surface area contributed by atoms with Crippen molar-refractivity contribution in [3.63, 3.8) is 0 Å². The van der Waals surface area contributed by atoms with E-state index in [1.165, 1.54) is 0 Å². The molecule has 2 N–H and O–H groups in total. The minimum atomic E-state index is -0.00569. The fourth-order valence-electron chi connectivity index (χ4n) is 1.65. The second-order valence-electron chi connectivity index (χ2n) is 3.66. The van der Waals surface area contributed by atoms with Crippen LogP contribution in [-0.2, 0) is 13.1 Å². The quantitative estimate of drug-likeness (QED) is 0.901. The molecule has 0 spiro atoms. The molecule has 0 saturated heterocycles. The van der Waals surface area contributed by atoms with Gasteiger partial charge in [0, 0.05) is 18.3 Å². The van der Waals surface area contributed by atoms with Gasteiger partial charge in [0.25, 0.3) is 5.56 Å². The molecule has 0 unspecified atom stereocenters. The molecule has 0 amide bonds. The van der Waals surface area contributed by atoms with Crippen molar-refractivity contribution in [1.29, 1.82) is 0 Å². The summed E-state index contributed by atoms with van der Waals surface area (Å²) in [5, 5.41) is 0. The largest absolute Gasteiger partial charge is 0.326 e. The molecule has 96 valence electrons. The van der Waals surface area contributed by atoms with Crippen LogP contribution in [0.4, 0.5) is 0 Å². The maximum absolute atomic E-state index is 11.9. The van der Waals surface area contributed by atoms with Crippen LogP contribution in [-0.4, -0.2) is 4.57 Å². The highest BCUT2D eigenvalue weighted by Crippen LogP contribution is 2.01. The van der Waals surface area contributed by atoms with Gasteiger partial charge < -0.3 is 10.3 Å². The van der Waals surface area contributed by atoms with Crippen LogP contribution in [0.25, 0.3) is 0 Å². The first-order chi connectivity index (χ1) is 8.81. The monoisotopic (exact) mass is 244 g/mol. The van der Waals surface area contributed by atoms with E-state index in [0.717, 1.165) is 5.56 Å². The van der Waals surface area contributed by atoms with E-state index >= 15 is 0 Å². The third kappa shape index (κ3) is 3.57. The molecular formula is C15H20N2O. The van der Waals surface area contributed by atoms with E-state index in [0.29, 0.717) is 12.1 Å². The lowest BCUT2D eigenvalue weighted by atomic mass is 10.2. The Hall–Kier alpha value is -1.87. The average Bonchev–Trinajstić information content (AvgIpc) is 2.44. The number of pyridine rings is 1. The Morgan fingerprint density at radius 1 is 1.06 bits per heavy atom. The number of hydrogen-bond donors (Lipinski definition) is 1. The molecule has 0 aliphatic heterocycles. The van der Waals surface area contributed by atoms with Crippen molar-refractivity contribution in [3.8, 4) is 0 Å². The lowest BCUT2D eigenvalue weighted by molar-refractivity contribution is 0.744. The summed E-state index contributed by atoms with van der Waals surface area (Å²) in [6.07, 6.45) is 1.79. The molecular weight excluding hydrogens is 224 g/mol. The lowest BCUT2D eigenvalue weighted by Crippen LogP contribution is -2.24. The first kappa shape index (κ1) is 14.2. The molecule has 2 aromatic rings. The summed E-state index contributed by atoms with van der Waals surface area (Å²) in [5.41, 5.74) is 7.26. The molecule has 0 aliphatic carbocycles. The third-order valence-corrected chi connectivity index (χ3v) is 2.51. The first-order valence-electron chi connectivity index (χ1n) is 6.23. The van der Waals surface area contributed by atoms with Gasteiger partial charge in [0.1, 0.15) is 0 Å². The highest BCUT2D eigenvalue weighted by Gasteiger charge is 2.01. The zero-order valence-electron chi connectivity index (χ0n) is 11.0. The maximum atomic E-state index is 11.9. The maximum Gasteiger partial charge on any atom is 0.255 e. The number of benzene rings is 1. The average molecular weight is 244 g/mol. The van der Waals surface area contributed by atoms with E-state index < -0.39 is 0 Å². The molecule has 0 radical (unpaired) electrons. The summed E-state index contributed by atoms with van der Waals surface area (Å²) < 4.78 is 1.68. The summed E-state index contributed by atoms with van der Waals surface area (Å²) >= 11 is 0. The Labute approximate surface area is 108 Å². The van der Waals surface area contributed by atoms with Gasteiger partial charge in [-0.3, -0.25) is 4.79 Å². The lowest BCUT2D eigenvalue weighted by Gasteiger charge is -2.06. The van der Waals surface area contributed by atoms with Gasteiger partial charge in [-0.15, -0.1) is 0 Å². The Bertz CT molecular complexity index is 518. The molecule has 0 fully saturated rings. The molecule has 0 atom stereocenters. The van der Waals surface area contributed by atoms with Crippen molar-refractivity contribution in [2.24, 2.45) is 5.73 Å². The first-order valence-corrected chi connectivity index (χ1v) is 6.23. The van der Waals surface area contributed by atoms with Crippen LogP contribution in [0, 0.1) is 0 Å². The van der Waals surface area contributed by atoms with Gasteiger partial charge >= 0.3 is 0 Å². The van der Waals surface area contributed by atoms with E-state index in [-0.39, 0.29) is 12.1 Å². The Morgan fingerprint density at radius 3 is 2.33 bits per heavy atom. The van der Waals surface area contributed by atoms with E-state index in [9.17, 15) is 4.79 Å². The second kappa shape index (κ2) is 7.45. The number of nitrogens with zero attached hydrogens (tertiary/aromatic N) is 1. The zero-order valence-corrected chi connectivity index (χ0v) is 11.0. The van der Waals surface area contributed by atoms with E-state index in [1.807, 2.05) is 50.2 Å². The molecule has 1 heterocycles. The van der Waals surface area contributed by atoms with E-state index in [1.54, 1.807) is 16.8 Å². The molecule has 3 nitrogen and oxygen atoms in total. The van der Waals surface area contributed by atoms with Crippen molar-refractivity contribution in [1.82, 2.24) is 4.57 Å². The molecule has 3 heteroatoms. The normalized spacial score (nSPS) is 9.50. The van der Waals surface area contributed by atoms with Crippen LogP contribution in [0.3, 0.4) is 0 Å². The molecule has 2 rings (SSSR count). The molecule has 0 aliphatic rings. The van der Waals surface area contributed by atoms with Crippen molar-refractivity contribution in [3.05, 3.63) is 70.1 Å². The van der Waals surface area contributed by atoms with E-state index in [2.05, 4.69) is 0 Å². The summed E-state index contributed by atoms with van der Waals surface area (Å²) in [6.45, 7) is 4.88. The van der Waals surface area contributed by atoms with Gasteiger partial charge in [-0.25, -0.2) is 0 Å². The van der Waals surface area contributed by atoms with Crippen LogP contribution in [0.2, 0.25) is 0 Å². The van der Waals surface area contributed by atoms with Crippen LogP contribution < -0.4 is 11.3 Å². The van der Waals surface area contributed by atoms with Crippen LogP contribution >= 0.6 is 0 Å². The Kier molecular flexibility index (Phi) is 5.88. The summed E-state index contributed by atoms with van der Waals surface area (Å²) in [7, 11) is 0.